The van der Waals surface area contributed by atoms with E-state index in [0.717, 1.165) is 0 Å². The zero-order valence-corrected chi connectivity index (χ0v) is 7.01. The molecule has 0 saturated carbocycles. The maximum absolute atomic E-state index is 9.39. The summed E-state index contributed by atoms with van der Waals surface area (Å²) >= 11 is 0. The van der Waals surface area contributed by atoms with E-state index < -0.39 is 18.5 Å². The Morgan fingerprint density at radius 3 is 2.83 bits per heavy atom. The fraction of sp³-hybridized carbons (Fsp3) is 1.00. The molecule has 0 aromatic heterocycles. The van der Waals surface area contributed by atoms with E-state index in [4.69, 9.17) is 20.3 Å². The Kier molecular flexibility index (Phi) is 3.42. The number of aliphatic hydroxyl groups excluding tert-OH is 2. The van der Waals surface area contributed by atoms with E-state index in [1.165, 1.54) is 7.11 Å². The Morgan fingerprint density at radius 1 is 1.67 bits per heavy atom. The summed E-state index contributed by atoms with van der Waals surface area (Å²) in [5.41, 5.74) is 5.59. The molecule has 1 heterocycles. The van der Waals surface area contributed by atoms with Gasteiger partial charge in [-0.3, -0.25) is 0 Å². The molecular weight excluding hydrogens is 162 g/mol. The number of rotatable bonds is 2. The average Bonchev–Trinajstić information content (AvgIpc) is 2.09. The molecule has 0 aromatic rings. The molecule has 5 heteroatoms. The van der Waals surface area contributed by atoms with Crippen LogP contribution in [-0.4, -0.2) is 48.5 Å². The Bertz CT molecular complexity index is 143. The van der Waals surface area contributed by atoms with Crippen molar-refractivity contribution in [2.75, 3.05) is 13.7 Å². The van der Waals surface area contributed by atoms with Gasteiger partial charge >= 0.3 is 0 Å². The SMILES string of the molecule is CO[C@H]1C[C@@H](N)[C@@H](O)[C@@H](CO)O1. The van der Waals surface area contributed by atoms with Crippen LogP contribution in [0, 0.1) is 0 Å². The highest BCUT2D eigenvalue weighted by Gasteiger charge is 2.35. The fourth-order valence-electron chi connectivity index (χ4n) is 1.27. The van der Waals surface area contributed by atoms with E-state index in [1.807, 2.05) is 0 Å². The van der Waals surface area contributed by atoms with Crippen molar-refractivity contribution in [1.29, 1.82) is 0 Å². The van der Waals surface area contributed by atoms with Gasteiger partial charge in [-0.1, -0.05) is 0 Å². The van der Waals surface area contributed by atoms with Crippen LogP contribution in [-0.2, 0) is 9.47 Å². The van der Waals surface area contributed by atoms with Gasteiger partial charge in [-0.25, -0.2) is 0 Å². The smallest absolute Gasteiger partial charge is 0.159 e. The molecule has 72 valence electrons. The van der Waals surface area contributed by atoms with Gasteiger partial charge in [0.05, 0.1) is 12.7 Å². The molecule has 1 aliphatic heterocycles. The minimum Gasteiger partial charge on any atom is -0.394 e. The number of hydrogen-bond donors (Lipinski definition) is 3. The third-order valence-electron chi connectivity index (χ3n) is 2.05. The number of hydrogen-bond acceptors (Lipinski definition) is 5. The molecule has 0 radical (unpaired) electrons. The molecule has 0 bridgehead atoms. The van der Waals surface area contributed by atoms with Gasteiger partial charge in [0, 0.05) is 19.6 Å². The Labute approximate surface area is 71.1 Å². The maximum Gasteiger partial charge on any atom is 0.159 e. The highest BCUT2D eigenvalue weighted by Crippen LogP contribution is 2.18. The maximum atomic E-state index is 9.39. The quantitative estimate of drug-likeness (QED) is 0.474. The third kappa shape index (κ3) is 1.94. The molecule has 5 nitrogen and oxygen atoms in total. The van der Waals surface area contributed by atoms with Gasteiger partial charge in [0.2, 0.25) is 0 Å². The van der Waals surface area contributed by atoms with E-state index >= 15 is 0 Å². The lowest BCUT2D eigenvalue weighted by Crippen LogP contribution is -2.53. The monoisotopic (exact) mass is 177 g/mol. The molecule has 0 unspecified atom stereocenters. The molecule has 0 amide bonds. The molecule has 0 aromatic carbocycles. The lowest BCUT2D eigenvalue weighted by atomic mass is 10.0. The van der Waals surface area contributed by atoms with Crippen molar-refractivity contribution >= 4 is 0 Å². The summed E-state index contributed by atoms with van der Waals surface area (Å²) in [6.45, 7) is -0.241. The number of methoxy groups -OCH3 is 1. The number of ether oxygens (including phenoxy) is 2. The molecule has 1 rings (SSSR count). The minimum absolute atomic E-state index is 0.241. The van der Waals surface area contributed by atoms with Crippen LogP contribution < -0.4 is 5.73 Å². The highest BCUT2D eigenvalue weighted by molar-refractivity contribution is 4.84. The van der Waals surface area contributed by atoms with Gasteiger partial charge < -0.3 is 25.4 Å². The zero-order valence-electron chi connectivity index (χ0n) is 7.01. The van der Waals surface area contributed by atoms with Gasteiger partial charge in [0.25, 0.3) is 0 Å². The first-order valence-corrected chi connectivity index (χ1v) is 3.91. The molecule has 1 saturated heterocycles. The summed E-state index contributed by atoms with van der Waals surface area (Å²) in [6, 6.07) is -0.388. The minimum atomic E-state index is -0.804. The van der Waals surface area contributed by atoms with Crippen molar-refractivity contribution in [1.82, 2.24) is 0 Å². The number of aliphatic hydroxyl groups is 2. The van der Waals surface area contributed by atoms with Gasteiger partial charge in [0.15, 0.2) is 6.29 Å². The molecule has 4 atom stereocenters. The molecule has 0 aliphatic carbocycles. The average molecular weight is 177 g/mol. The summed E-state index contributed by atoms with van der Waals surface area (Å²) < 4.78 is 10.1. The van der Waals surface area contributed by atoms with Crippen molar-refractivity contribution in [2.24, 2.45) is 5.73 Å². The predicted molar refractivity (Wildman–Crippen MR) is 41.4 cm³/mol. The third-order valence-corrected chi connectivity index (χ3v) is 2.05. The molecule has 1 fully saturated rings. The first kappa shape index (κ1) is 9.88. The van der Waals surface area contributed by atoms with Gasteiger partial charge in [-0.15, -0.1) is 0 Å². The van der Waals surface area contributed by atoms with Crippen LogP contribution >= 0.6 is 0 Å². The van der Waals surface area contributed by atoms with Gasteiger partial charge in [-0.2, -0.15) is 0 Å². The van der Waals surface area contributed by atoms with E-state index in [-0.39, 0.29) is 12.6 Å². The summed E-state index contributed by atoms with van der Waals surface area (Å²) in [7, 11) is 1.50. The molecular formula is C7H15NO4. The Morgan fingerprint density at radius 2 is 2.33 bits per heavy atom. The highest BCUT2D eigenvalue weighted by atomic mass is 16.7. The second-order valence-corrected chi connectivity index (χ2v) is 2.91. The molecule has 1 aliphatic rings. The van der Waals surface area contributed by atoms with Crippen LogP contribution in [0.4, 0.5) is 0 Å². The molecule has 12 heavy (non-hydrogen) atoms. The van der Waals surface area contributed by atoms with Crippen molar-refractivity contribution in [3.8, 4) is 0 Å². The van der Waals surface area contributed by atoms with Gasteiger partial charge in [0.1, 0.15) is 6.10 Å². The van der Waals surface area contributed by atoms with Crippen molar-refractivity contribution in [3.63, 3.8) is 0 Å². The predicted octanol–water partition coefficient (Wildman–Crippen LogP) is -1.57. The normalized spacial score (nSPS) is 43.0. The van der Waals surface area contributed by atoms with Crippen molar-refractivity contribution in [2.45, 2.75) is 31.0 Å². The second kappa shape index (κ2) is 4.15. The van der Waals surface area contributed by atoms with Crippen molar-refractivity contribution < 1.29 is 19.7 Å². The summed E-state index contributed by atoms with van der Waals surface area (Å²) in [5.74, 6) is 0. The van der Waals surface area contributed by atoms with E-state index in [9.17, 15) is 5.11 Å². The first-order valence-electron chi connectivity index (χ1n) is 3.91. The summed E-state index contributed by atoms with van der Waals surface area (Å²) in [4.78, 5) is 0. The van der Waals surface area contributed by atoms with E-state index in [2.05, 4.69) is 0 Å². The Balaban J connectivity index is 2.52. The van der Waals surface area contributed by atoms with Crippen LogP contribution in [0.25, 0.3) is 0 Å². The lowest BCUT2D eigenvalue weighted by molar-refractivity contribution is -0.224. The largest absolute Gasteiger partial charge is 0.394 e. The van der Waals surface area contributed by atoms with Crippen molar-refractivity contribution in [3.05, 3.63) is 0 Å². The molecule has 0 spiro atoms. The zero-order chi connectivity index (χ0) is 9.14. The van der Waals surface area contributed by atoms with E-state index in [0.29, 0.717) is 6.42 Å². The van der Waals surface area contributed by atoms with Crippen LogP contribution in [0.3, 0.4) is 0 Å². The standard InChI is InChI=1S/C7H15NO4/c1-11-6-2-4(8)7(10)5(3-9)12-6/h4-7,9-10H,2-3,8H2,1H3/t4-,5-,6-,7-/m1/s1. The topological polar surface area (TPSA) is 84.9 Å². The number of nitrogens with two attached hydrogens (primary N) is 1. The first-order chi connectivity index (χ1) is 5.69. The van der Waals surface area contributed by atoms with Crippen LogP contribution in [0.5, 0.6) is 0 Å². The van der Waals surface area contributed by atoms with Crippen LogP contribution in [0.2, 0.25) is 0 Å². The second-order valence-electron chi connectivity index (χ2n) is 2.91. The van der Waals surface area contributed by atoms with E-state index in [1.54, 1.807) is 0 Å². The Hall–Kier alpha value is -0.200. The van der Waals surface area contributed by atoms with Gasteiger partial charge in [-0.05, 0) is 0 Å². The van der Waals surface area contributed by atoms with Crippen LogP contribution in [0.15, 0.2) is 0 Å². The fourth-order valence-corrected chi connectivity index (χ4v) is 1.27. The summed E-state index contributed by atoms with van der Waals surface area (Å²) in [5, 5.41) is 18.2. The van der Waals surface area contributed by atoms with Crippen LogP contribution in [0.1, 0.15) is 6.42 Å². The molecule has 4 N–H and O–H groups in total. The summed E-state index contributed by atoms with van der Waals surface area (Å²) in [6.07, 6.45) is -1.39. The lowest BCUT2D eigenvalue weighted by Gasteiger charge is -2.36.